The first-order chi connectivity index (χ1) is 11.1. The van der Waals surface area contributed by atoms with Crippen molar-refractivity contribution in [3.05, 3.63) is 57.7 Å². The van der Waals surface area contributed by atoms with Crippen LogP contribution in [0.3, 0.4) is 0 Å². The van der Waals surface area contributed by atoms with Gasteiger partial charge in [0.2, 0.25) is 11.6 Å². The minimum atomic E-state index is -2.51. The Hall–Kier alpha value is -2.78. The number of benzene rings is 2. The van der Waals surface area contributed by atoms with Crippen molar-refractivity contribution in [1.29, 1.82) is 0 Å². The molecule has 3 rings (SSSR count). The molecule has 0 aliphatic heterocycles. The minimum absolute atomic E-state index is 1.71. The van der Waals surface area contributed by atoms with Crippen molar-refractivity contribution in [2.24, 2.45) is 0 Å². The minimum Gasteiger partial charge on any atom is -0.285 e. The van der Waals surface area contributed by atoms with Crippen LogP contribution in [0.5, 0.6) is 0 Å². The van der Waals surface area contributed by atoms with Gasteiger partial charge >= 0.3 is 0 Å². The van der Waals surface area contributed by atoms with E-state index in [0.717, 1.165) is 0 Å². The fourth-order valence-electron chi connectivity index (χ4n) is 2.39. The monoisotopic (exact) mass is 352 g/mol. The highest BCUT2D eigenvalue weighted by atomic mass is 19.2. The molecule has 0 saturated heterocycles. The van der Waals surface area contributed by atoms with E-state index >= 15 is 0 Å². The molecule has 0 saturated carbocycles. The number of ketones is 2. The fourth-order valence-corrected chi connectivity index (χ4v) is 2.39. The number of hydrogen-bond acceptors (Lipinski definition) is 2. The van der Waals surface area contributed by atoms with Crippen LogP contribution in [-0.2, 0) is 0 Å². The Morgan fingerprint density at radius 1 is 0.333 bits per heavy atom. The second kappa shape index (κ2) is 4.86. The van der Waals surface area contributed by atoms with Crippen LogP contribution < -0.4 is 0 Å². The lowest BCUT2D eigenvalue weighted by atomic mass is 9.82. The first kappa shape index (κ1) is 16.1. The van der Waals surface area contributed by atoms with Crippen LogP contribution in [0.2, 0.25) is 0 Å². The molecule has 0 fully saturated rings. The van der Waals surface area contributed by atoms with Gasteiger partial charge in [0.05, 0.1) is 11.1 Å². The third-order valence-electron chi connectivity index (χ3n) is 3.44. The van der Waals surface area contributed by atoms with Crippen LogP contribution in [0.25, 0.3) is 11.1 Å². The second-order valence-electron chi connectivity index (χ2n) is 4.67. The summed E-state index contributed by atoms with van der Waals surface area (Å²) >= 11 is 0. The van der Waals surface area contributed by atoms with E-state index in [1.165, 1.54) is 0 Å². The van der Waals surface area contributed by atoms with E-state index in [0.29, 0.717) is 0 Å². The van der Waals surface area contributed by atoms with E-state index in [9.17, 15) is 44.7 Å². The van der Waals surface area contributed by atoms with E-state index in [-0.39, 0.29) is 0 Å². The van der Waals surface area contributed by atoms with Crippen molar-refractivity contribution < 1.29 is 44.7 Å². The van der Waals surface area contributed by atoms with Crippen molar-refractivity contribution in [2.45, 2.75) is 0 Å². The summed E-state index contributed by atoms with van der Waals surface area (Å²) in [5.41, 5.74) is -6.90. The molecule has 124 valence electrons. The number of fused-ring (bicyclic) bond motifs is 3. The molecule has 0 bridgehead atoms. The van der Waals surface area contributed by atoms with Gasteiger partial charge in [-0.25, -0.2) is 35.1 Å². The summed E-state index contributed by atoms with van der Waals surface area (Å²) < 4.78 is 108. The van der Waals surface area contributed by atoms with E-state index in [1.54, 1.807) is 0 Å². The molecule has 1 aliphatic carbocycles. The van der Waals surface area contributed by atoms with Crippen LogP contribution >= 0.6 is 0 Å². The zero-order valence-electron chi connectivity index (χ0n) is 10.8. The first-order valence-electron chi connectivity index (χ1n) is 5.92. The zero-order valence-corrected chi connectivity index (χ0v) is 10.8. The molecule has 0 atom stereocenters. The van der Waals surface area contributed by atoms with Crippen molar-refractivity contribution >= 4 is 11.6 Å². The van der Waals surface area contributed by atoms with E-state index in [4.69, 9.17) is 0 Å². The standard InChI is InChI=1S/C14F8O2/c15-5-1-2-4(8(18)12(22)10(20)6(2)16)14(24)13(23)3(1)7(17)11(21)9(5)19. The summed E-state index contributed by atoms with van der Waals surface area (Å²) in [6, 6.07) is 0. The van der Waals surface area contributed by atoms with Crippen LogP contribution in [0.15, 0.2) is 0 Å². The van der Waals surface area contributed by atoms with E-state index in [2.05, 4.69) is 0 Å². The third kappa shape index (κ3) is 1.70. The molecule has 0 unspecified atom stereocenters. The van der Waals surface area contributed by atoms with Gasteiger partial charge < -0.3 is 0 Å². The van der Waals surface area contributed by atoms with Gasteiger partial charge in [-0.15, -0.1) is 0 Å². The Morgan fingerprint density at radius 2 is 0.542 bits per heavy atom. The molecular formula is C14F8O2. The molecule has 0 N–H and O–H groups in total. The van der Waals surface area contributed by atoms with Crippen LogP contribution in [0, 0.1) is 46.5 Å². The second-order valence-corrected chi connectivity index (χ2v) is 4.67. The number of rotatable bonds is 0. The predicted octanol–water partition coefficient (Wildman–Crippen LogP) is 3.85. The highest BCUT2D eigenvalue weighted by molar-refractivity contribution is 6.53. The number of hydrogen-bond donors (Lipinski definition) is 0. The summed E-state index contributed by atoms with van der Waals surface area (Å²) in [7, 11) is 0. The first-order valence-corrected chi connectivity index (χ1v) is 5.92. The largest absolute Gasteiger partial charge is 0.285 e. The van der Waals surface area contributed by atoms with Crippen LogP contribution in [0.1, 0.15) is 20.7 Å². The molecule has 24 heavy (non-hydrogen) atoms. The van der Waals surface area contributed by atoms with Gasteiger partial charge in [-0.3, -0.25) is 9.59 Å². The maximum absolute atomic E-state index is 13.9. The quantitative estimate of drug-likeness (QED) is 0.312. The summed E-state index contributed by atoms with van der Waals surface area (Å²) in [6.07, 6.45) is 0. The van der Waals surface area contributed by atoms with Gasteiger partial charge in [-0.2, -0.15) is 0 Å². The molecule has 0 radical (unpaired) electrons. The lowest BCUT2D eigenvalue weighted by Gasteiger charge is -2.21. The maximum atomic E-state index is 13.9. The molecule has 0 heterocycles. The van der Waals surface area contributed by atoms with Crippen LogP contribution in [-0.4, -0.2) is 11.6 Å². The Morgan fingerprint density at radius 3 is 0.792 bits per heavy atom. The Kier molecular flexibility index (Phi) is 3.26. The lowest BCUT2D eigenvalue weighted by Crippen LogP contribution is -2.28. The molecule has 0 amide bonds. The number of carbonyl (C=O) groups excluding carboxylic acids is 2. The molecule has 10 heteroatoms. The molecular weight excluding hydrogens is 352 g/mol. The predicted molar refractivity (Wildman–Crippen MR) is 60.2 cm³/mol. The van der Waals surface area contributed by atoms with E-state index < -0.39 is 80.4 Å². The molecule has 0 aromatic heterocycles. The number of halogens is 8. The fraction of sp³-hybridized carbons (Fsp3) is 0. The SMILES string of the molecule is O=C1C(=O)c2c(F)c(F)c(F)c(F)c2-c2c(F)c(F)c(F)c(F)c21. The van der Waals surface area contributed by atoms with Gasteiger partial charge in [0, 0.05) is 11.1 Å². The summed E-state index contributed by atoms with van der Waals surface area (Å²) in [5, 5.41) is 0. The van der Waals surface area contributed by atoms with Gasteiger partial charge in [-0.1, -0.05) is 0 Å². The van der Waals surface area contributed by atoms with Gasteiger partial charge in [-0.05, 0) is 0 Å². The smallest absolute Gasteiger partial charge is 0.237 e. The molecule has 2 aromatic carbocycles. The molecule has 2 nitrogen and oxygen atoms in total. The van der Waals surface area contributed by atoms with Gasteiger partial charge in [0.1, 0.15) is 0 Å². The Bertz CT molecular complexity index is 901. The number of carbonyl (C=O) groups is 2. The normalized spacial score (nSPS) is 13.2. The highest BCUT2D eigenvalue weighted by Crippen LogP contribution is 2.42. The molecule has 2 aromatic rings. The van der Waals surface area contributed by atoms with Gasteiger partial charge in [0.15, 0.2) is 46.5 Å². The average Bonchev–Trinajstić information content (AvgIpc) is 2.56. The van der Waals surface area contributed by atoms with Crippen molar-refractivity contribution in [1.82, 2.24) is 0 Å². The number of Topliss-reactive ketones (excluding diaryl/α,β-unsaturated/α-hetero) is 2. The molecule has 0 spiro atoms. The topological polar surface area (TPSA) is 34.1 Å². The van der Waals surface area contributed by atoms with Gasteiger partial charge in [0.25, 0.3) is 0 Å². The van der Waals surface area contributed by atoms with Crippen LogP contribution in [0.4, 0.5) is 35.1 Å². The third-order valence-corrected chi connectivity index (χ3v) is 3.44. The van der Waals surface area contributed by atoms with Crippen molar-refractivity contribution in [2.75, 3.05) is 0 Å². The van der Waals surface area contributed by atoms with E-state index in [1.807, 2.05) is 0 Å². The summed E-state index contributed by atoms with van der Waals surface area (Å²) in [4.78, 5) is 23.4. The Labute approximate surface area is 126 Å². The summed E-state index contributed by atoms with van der Waals surface area (Å²) in [6.45, 7) is 0. The summed E-state index contributed by atoms with van der Waals surface area (Å²) in [5.74, 6) is -23.6. The Balaban J connectivity index is 2.65. The highest BCUT2D eigenvalue weighted by Gasteiger charge is 2.44. The lowest BCUT2D eigenvalue weighted by molar-refractivity contribution is 0.0807. The average molecular weight is 352 g/mol. The molecule has 1 aliphatic rings. The maximum Gasteiger partial charge on any atom is 0.237 e. The zero-order chi connectivity index (χ0) is 18.1. The van der Waals surface area contributed by atoms with Crippen molar-refractivity contribution in [3.8, 4) is 11.1 Å². The van der Waals surface area contributed by atoms with Crippen molar-refractivity contribution in [3.63, 3.8) is 0 Å².